The molecule has 4 saturated heterocycles. The molecule has 1 N–H and O–H groups in total. The molecule has 4 fully saturated rings. The van der Waals surface area contributed by atoms with Gasteiger partial charge >= 0.3 is 6.09 Å². The molecule has 0 aliphatic carbocycles. The van der Waals surface area contributed by atoms with Crippen LogP contribution in [0.25, 0.3) is 21.9 Å². The van der Waals surface area contributed by atoms with Gasteiger partial charge in [0.1, 0.15) is 23.4 Å². The Labute approximate surface area is 329 Å². The molecule has 4 aromatic rings. The first kappa shape index (κ1) is 36.7. The Morgan fingerprint density at radius 2 is 1.63 bits per heavy atom. The molecule has 296 valence electrons. The Kier molecular flexibility index (Phi) is 8.94. The fourth-order valence-electron chi connectivity index (χ4n) is 9.30. The number of benzene rings is 2. The van der Waals surface area contributed by atoms with E-state index in [4.69, 9.17) is 9.47 Å². The topological polar surface area (TPSA) is 158 Å². The van der Waals surface area contributed by atoms with E-state index in [2.05, 4.69) is 19.7 Å². The predicted molar refractivity (Wildman–Crippen MR) is 211 cm³/mol. The van der Waals surface area contributed by atoms with E-state index in [-0.39, 0.29) is 41.2 Å². The van der Waals surface area contributed by atoms with E-state index >= 15 is 0 Å². The number of piperidine rings is 2. The largest absolute Gasteiger partial charge is 0.496 e. The lowest BCUT2D eigenvalue weighted by Crippen LogP contribution is -2.60. The summed E-state index contributed by atoms with van der Waals surface area (Å²) in [6.45, 7) is 6.41. The Balaban J connectivity index is 0.867. The monoisotopic (exact) mass is 775 g/mol. The molecule has 1 atom stereocenters. The maximum Gasteiger partial charge on any atom is 0.421 e. The second-order valence-electron chi connectivity index (χ2n) is 16.1. The number of carbonyl (C=O) groups excluding carboxylic acids is 3. The minimum Gasteiger partial charge on any atom is -0.496 e. The first-order valence-electron chi connectivity index (χ1n) is 19.5. The van der Waals surface area contributed by atoms with E-state index in [0.29, 0.717) is 17.5 Å². The molecule has 4 amide bonds. The SMILES string of the molecule is COc1cc(-c2cn(C)c(=O)c3cnc(N4CCC4)cc23)cc(OC)c1CN1CCC2(CC1)CN(c1ccc3c(c1)CN(C1CCC(=O)N(C(=O)O)C1=O)C3=O)C2. The zero-order valence-electron chi connectivity index (χ0n) is 32.3. The van der Waals surface area contributed by atoms with Crippen LogP contribution in [-0.2, 0) is 29.7 Å². The number of amides is 4. The lowest BCUT2D eigenvalue weighted by molar-refractivity contribution is -0.149. The van der Waals surface area contributed by atoms with Crippen LogP contribution < -0.4 is 24.8 Å². The van der Waals surface area contributed by atoms with Gasteiger partial charge in [-0.1, -0.05) is 0 Å². The van der Waals surface area contributed by atoms with Gasteiger partial charge in [-0.25, -0.2) is 9.78 Å². The van der Waals surface area contributed by atoms with Crippen LogP contribution in [0.3, 0.4) is 0 Å². The Hall–Kier alpha value is -5.96. The number of rotatable bonds is 8. The summed E-state index contributed by atoms with van der Waals surface area (Å²) in [5, 5.41) is 10.8. The molecular weight excluding hydrogens is 731 g/mol. The second-order valence-corrected chi connectivity index (χ2v) is 16.1. The van der Waals surface area contributed by atoms with Crippen molar-refractivity contribution in [3.8, 4) is 22.6 Å². The normalized spacial score (nSPS) is 20.5. The van der Waals surface area contributed by atoms with E-state index in [1.165, 1.54) is 4.90 Å². The van der Waals surface area contributed by atoms with Gasteiger partial charge in [-0.2, -0.15) is 4.90 Å². The second kappa shape index (κ2) is 13.9. The summed E-state index contributed by atoms with van der Waals surface area (Å²) in [6, 6.07) is 10.9. The Morgan fingerprint density at radius 1 is 0.912 bits per heavy atom. The molecule has 2 aromatic heterocycles. The van der Waals surface area contributed by atoms with E-state index in [9.17, 15) is 29.1 Å². The molecule has 57 heavy (non-hydrogen) atoms. The number of nitrogens with zero attached hydrogens (tertiary/aromatic N) is 7. The zero-order valence-corrected chi connectivity index (χ0v) is 32.3. The Bertz CT molecular complexity index is 2380. The molecule has 5 aliphatic heterocycles. The number of pyridine rings is 2. The number of carbonyl (C=O) groups is 4. The van der Waals surface area contributed by atoms with Gasteiger partial charge in [0.2, 0.25) is 5.91 Å². The number of aryl methyl sites for hydroxylation is 1. The standard InChI is InChI=1S/C42H45N7O8/c1-44-21-31(29-18-36(46-11-4-12-46)43-19-30(29)38(44)51)25-16-34(56-2)32(35(17-25)57-3)22-45-13-9-42(10-14-45)23-47(24-42)27-5-6-28-26(15-27)20-48(39(28)52)33-7-8-37(50)49(40(33)53)41(54)55/h5-6,15-19,21,33H,4,7-14,20,22-24H2,1-3H3,(H,54,55). The molecule has 1 unspecified atom stereocenters. The molecule has 9 rings (SSSR count). The van der Waals surface area contributed by atoms with Crippen molar-refractivity contribution in [1.29, 1.82) is 0 Å². The van der Waals surface area contributed by atoms with Crippen LogP contribution in [0, 0.1) is 5.41 Å². The summed E-state index contributed by atoms with van der Waals surface area (Å²) >= 11 is 0. The minimum absolute atomic E-state index is 0.0918. The summed E-state index contributed by atoms with van der Waals surface area (Å²) in [7, 11) is 5.12. The van der Waals surface area contributed by atoms with Crippen LogP contribution in [0.2, 0.25) is 0 Å². The molecule has 1 spiro atoms. The molecule has 15 heteroatoms. The number of anilines is 2. The fourth-order valence-corrected chi connectivity index (χ4v) is 9.30. The van der Waals surface area contributed by atoms with E-state index in [0.717, 1.165) is 109 Å². The van der Waals surface area contributed by atoms with Crippen LogP contribution in [0.4, 0.5) is 16.3 Å². The van der Waals surface area contributed by atoms with Crippen molar-refractivity contribution < 1.29 is 33.8 Å². The van der Waals surface area contributed by atoms with Crippen molar-refractivity contribution in [3.05, 3.63) is 75.8 Å². The van der Waals surface area contributed by atoms with Crippen LogP contribution in [0.15, 0.2) is 53.6 Å². The van der Waals surface area contributed by atoms with Crippen molar-refractivity contribution >= 4 is 46.1 Å². The number of methoxy groups -OCH3 is 2. The average molecular weight is 776 g/mol. The van der Waals surface area contributed by atoms with Gasteiger partial charge < -0.3 is 33.8 Å². The van der Waals surface area contributed by atoms with Gasteiger partial charge in [0, 0.05) is 92.7 Å². The molecule has 15 nitrogen and oxygen atoms in total. The molecule has 7 heterocycles. The van der Waals surface area contributed by atoms with Crippen LogP contribution in [0.1, 0.15) is 53.6 Å². The van der Waals surface area contributed by atoms with Gasteiger partial charge in [-0.05, 0) is 86.3 Å². The van der Waals surface area contributed by atoms with Crippen LogP contribution in [0.5, 0.6) is 11.5 Å². The number of imide groups is 3. The van der Waals surface area contributed by atoms with E-state index in [1.807, 2.05) is 36.5 Å². The van der Waals surface area contributed by atoms with Crippen molar-refractivity contribution in [2.24, 2.45) is 12.5 Å². The van der Waals surface area contributed by atoms with Gasteiger partial charge in [-0.3, -0.25) is 24.1 Å². The number of hydrogen-bond donors (Lipinski definition) is 1. The first-order valence-corrected chi connectivity index (χ1v) is 19.5. The smallest absolute Gasteiger partial charge is 0.421 e. The highest BCUT2D eigenvalue weighted by Crippen LogP contribution is 2.45. The molecule has 0 bridgehead atoms. The number of likely N-dealkylation sites (tertiary alicyclic amines) is 2. The van der Waals surface area contributed by atoms with E-state index in [1.54, 1.807) is 38.1 Å². The number of carboxylic acid groups (broad SMARTS) is 1. The van der Waals surface area contributed by atoms with Gasteiger partial charge in [0.25, 0.3) is 17.4 Å². The van der Waals surface area contributed by atoms with Gasteiger partial charge in [-0.15, -0.1) is 0 Å². The van der Waals surface area contributed by atoms with Gasteiger partial charge in [0.05, 0.1) is 25.2 Å². The van der Waals surface area contributed by atoms with Crippen LogP contribution >= 0.6 is 0 Å². The number of hydrogen-bond acceptors (Lipinski definition) is 11. The summed E-state index contributed by atoms with van der Waals surface area (Å²) < 4.78 is 13.6. The van der Waals surface area contributed by atoms with Crippen LogP contribution in [-0.4, -0.2) is 113 Å². The van der Waals surface area contributed by atoms with Crippen molar-refractivity contribution in [1.82, 2.24) is 24.3 Å². The lowest BCUT2D eigenvalue weighted by Gasteiger charge is -2.55. The summed E-state index contributed by atoms with van der Waals surface area (Å²) in [4.78, 5) is 76.2. The third kappa shape index (κ3) is 6.15. The minimum atomic E-state index is -1.62. The highest BCUT2D eigenvalue weighted by Gasteiger charge is 2.47. The van der Waals surface area contributed by atoms with Crippen molar-refractivity contribution in [3.63, 3.8) is 0 Å². The van der Waals surface area contributed by atoms with Crippen molar-refractivity contribution in [2.75, 3.05) is 63.3 Å². The summed E-state index contributed by atoms with van der Waals surface area (Å²) in [5.74, 6) is 0.384. The van der Waals surface area contributed by atoms with E-state index < -0.39 is 23.9 Å². The highest BCUT2D eigenvalue weighted by atomic mass is 16.5. The number of aromatic nitrogens is 2. The lowest BCUT2D eigenvalue weighted by atomic mass is 9.71. The summed E-state index contributed by atoms with van der Waals surface area (Å²) in [6.07, 6.45) is 5.14. The molecule has 0 radical (unpaired) electrons. The average Bonchev–Trinajstić information content (AvgIpc) is 3.49. The molecule has 2 aromatic carbocycles. The third-order valence-corrected chi connectivity index (χ3v) is 12.7. The summed E-state index contributed by atoms with van der Waals surface area (Å²) in [5.41, 5.74) is 5.19. The first-order chi connectivity index (χ1) is 27.5. The van der Waals surface area contributed by atoms with Gasteiger partial charge in [0.15, 0.2) is 0 Å². The quantitative estimate of drug-likeness (QED) is 0.256. The van der Waals surface area contributed by atoms with Crippen molar-refractivity contribution in [2.45, 2.75) is 51.2 Å². The number of ether oxygens (including phenoxy) is 2. The molecular formula is C42H45N7O8. The molecule has 5 aliphatic rings. The maximum absolute atomic E-state index is 13.3. The third-order valence-electron chi connectivity index (χ3n) is 12.7. The number of fused-ring (bicyclic) bond motifs is 2. The maximum atomic E-state index is 13.3. The predicted octanol–water partition coefficient (Wildman–Crippen LogP) is 4.08. The Morgan fingerprint density at radius 3 is 2.28 bits per heavy atom. The fraction of sp³-hybridized carbons (Fsp3) is 0.429. The highest BCUT2D eigenvalue weighted by molar-refractivity contribution is 6.13. The zero-order chi connectivity index (χ0) is 39.7. The molecule has 0 saturated carbocycles.